The first-order valence-corrected chi connectivity index (χ1v) is 6.42. The summed E-state index contributed by atoms with van der Waals surface area (Å²) in [5.41, 5.74) is -1.14. The van der Waals surface area contributed by atoms with Gasteiger partial charge in [-0.05, 0) is 29.8 Å². The Morgan fingerprint density at radius 1 is 1.09 bits per heavy atom. The minimum Gasteiger partial charge on any atom is -0.289 e. The number of ketones is 1. The first kappa shape index (κ1) is 16.4. The smallest absolute Gasteiger partial charge is 0.289 e. The number of halogens is 3. The van der Waals surface area contributed by atoms with E-state index in [0.29, 0.717) is 0 Å². The number of carbonyl (C=O) groups excluding carboxylic acids is 1. The molecule has 2 aromatic carbocycles. The molecular weight excluding hydrogens is 311 g/mol. The van der Waals surface area contributed by atoms with Gasteiger partial charge in [-0.1, -0.05) is 30.3 Å². The van der Waals surface area contributed by atoms with Crippen LogP contribution in [0.15, 0.2) is 54.6 Å². The van der Waals surface area contributed by atoms with Crippen molar-refractivity contribution in [3.8, 4) is 0 Å². The second-order valence-corrected chi connectivity index (χ2v) is 4.60. The van der Waals surface area contributed by atoms with Crippen molar-refractivity contribution in [2.45, 2.75) is 6.18 Å². The first-order valence-electron chi connectivity index (χ1n) is 6.42. The molecule has 2 aromatic rings. The Hall–Kier alpha value is -2.96. The third kappa shape index (κ3) is 4.03. The number of nitro benzene ring substituents is 1. The maximum atomic E-state index is 12.6. The highest BCUT2D eigenvalue weighted by Gasteiger charge is 2.30. The molecule has 0 heterocycles. The van der Waals surface area contributed by atoms with Gasteiger partial charge in [0.05, 0.1) is 16.1 Å². The largest absolute Gasteiger partial charge is 0.416 e. The van der Waals surface area contributed by atoms with E-state index in [-0.39, 0.29) is 16.8 Å². The average molecular weight is 321 g/mol. The number of nitro groups is 1. The maximum Gasteiger partial charge on any atom is 0.416 e. The summed E-state index contributed by atoms with van der Waals surface area (Å²) in [4.78, 5) is 22.2. The second kappa shape index (κ2) is 6.43. The van der Waals surface area contributed by atoms with E-state index in [2.05, 4.69) is 0 Å². The summed E-state index contributed by atoms with van der Waals surface area (Å²) in [5, 5.41) is 10.9. The van der Waals surface area contributed by atoms with Gasteiger partial charge in [-0.25, -0.2) is 0 Å². The Balaban J connectivity index is 2.28. The van der Waals surface area contributed by atoms with E-state index in [9.17, 15) is 28.1 Å². The van der Waals surface area contributed by atoms with Crippen molar-refractivity contribution >= 4 is 17.5 Å². The molecule has 0 aliphatic rings. The van der Waals surface area contributed by atoms with Crippen LogP contribution in [-0.4, -0.2) is 10.7 Å². The van der Waals surface area contributed by atoms with E-state index in [4.69, 9.17) is 0 Å². The molecule has 23 heavy (non-hydrogen) atoms. The number of rotatable bonds is 4. The molecule has 0 radical (unpaired) electrons. The molecule has 0 aliphatic heterocycles. The van der Waals surface area contributed by atoms with Crippen molar-refractivity contribution in [3.63, 3.8) is 0 Å². The molecule has 2 rings (SSSR count). The fourth-order valence-corrected chi connectivity index (χ4v) is 1.92. The van der Waals surface area contributed by atoms with E-state index in [1.807, 2.05) is 0 Å². The molecule has 0 aromatic heterocycles. The number of hydrogen-bond acceptors (Lipinski definition) is 3. The minimum atomic E-state index is -4.48. The zero-order valence-corrected chi connectivity index (χ0v) is 11.6. The topological polar surface area (TPSA) is 60.2 Å². The highest BCUT2D eigenvalue weighted by atomic mass is 19.4. The van der Waals surface area contributed by atoms with Crippen LogP contribution in [0.2, 0.25) is 0 Å². The number of benzene rings is 2. The molecule has 0 unspecified atom stereocenters. The van der Waals surface area contributed by atoms with Gasteiger partial charge >= 0.3 is 6.18 Å². The van der Waals surface area contributed by atoms with Crippen molar-refractivity contribution in [1.82, 2.24) is 0 Å². The molecule has 0 bridgehead atoms. The monoisotopic (exact) mass is 321 g/mol. The van der Waals surface area contributed by atoms with Gasteiger partial charge in [-0.15, -0.1) is 0 Å². The van der Waals surface area contributed by atoms with Gasteiger partial charge in [0.25, 0.3) is 5.69 Å². The number of para-hydroxylation sites is 1. The molecular formula is C16H10F3NO3. The van der Waals surface area contributed by atoms with E-state index in [1.165, 1.54) is 42.5 Å². The summed E-state index contributed by atoms with van der Waals surface area (Å²) in [6.45, 7) is 0. The summed E-state index contributed by atoms with van der Waals surface area (Å²) in [7, 11) is 0. The number of carbonyl (C=O) groups is 1. The van der Waals surface area contributed by atoms with Crippen LogP contribution < -0.4 is 0 Å². The van der Waals surface area contributed by atoms with Gasteiger partial charge in [-0.2, -0.15) is 13.2 Å². The fourth-order valence-electron chi connectivity index (χ4n) is 1.92. The Bertz CT molecular complexity index is 782. The van der Waals surface area contributed by atoms with Crippen molar-refractivity contribution < 1.29 is 22.9 Å². The summed E-state index contributed by atoms with van der Waals surface area (Å²) in [6.07, 6.45) is -2.28. The van der Waals surface area contributed by atoms with E-state index >= 15 is 0 Å². The molecule has 118 valence electrons. The molecule has 0 aliphatic carbocycles. The molecule has 4 nitrogen and oxygen atoms in total. The van der Waals surface area contributed by atoms with Crippen molar-refractivity contribution in [1.29, 1.82) is 0 Å². The zero-order chi connectivity index (χ0) is 17.0. The predicted octanol–water partition coefficient (Wildman–Crippen LogP) is 4.51. The van der Waals surface area contributed by atoms with Crippen LogP contribution in [0.4, 0.5) is 18.9 Å². The van der Waals surface area contributed by atoms with Crippen LogP contribution in [0.1, 0.15) is 21.5 Å². The lowest BCUT2D eigenvalue weighted by Crippen LogP contribution is -2.04. The first-order chi connectivity index (χ1) is 10.8. The summed E-state index contributed by atoms with van der Waals surface area (Å²) >= 11 is 0. The highest BCUT2D eigenvalue weighted by molar-refractivity contribution is 6.09. The zero-order valence-electron chi connectivity index (χ0n) is 11.6. The van der Waals surface area contributed by atoms with Crippen LogP contribution in [0.5, 0.6) is 0 Å². The molecule has 0 saturated carbocycles. The second-order valence-electron chi connectivity index (χ2n) is 4.60. The SMILES string of the molecule is O=C(/C=C/c1cccc(C(F)(F)F)c1)c1ccccc1[N+](=O)[O-]. The van der Waals surface area contributed by atoms with Crippen LogP contribution in [-0.2, 0) is 6.18 Å². The van der Waals surface area contributed by atoms with Crippen molar-refractivity contribution in [3.05, 3.63) is 81.4 Å². The van der Waals surface area contributed by atoms with Gasteiger partial charge < -0.3 is 0 Å². The summed E-state index contributed by atoms with van der Waals surface area (Å²) in [6, 6.07) is 9.80. The van der Waals surface area contributed by atoms with Gasteiger partial charge in [0.1, 0.15) is 0 Å². The number of alkyl halides is 3. The Labute approximate surface area is 129 Å². The predicted molar refractivity (Wildman–Crippen MR) is 77.9 cm³/mol. The molecule has 0 spiro atoms. The Morgan fingerprint density at radius 2 is 1.78 bits per heavy atom. The highest BCUT2D eigenvalue weighted by Crippen LogP contribution is 2.29. The van der Waals surface area contributed by atoms with Gasteiger partial charge in [0.15, 0.2) is 5.78 Å². The van der Waals surface area contributed by atoms with Gasteiger partial charge in [-0.3, -0.25) is 14.9 Å². The van der Waals surface area contributed by atoms with Crippen molar-refractivity contribution in [2.75, 3.05) is 0 Å². The maximum absolute atomic E-state index is 12.6. The lowest BCUT2D eigenvalue weighted by molar-refractivity contribution is -0.385. The Morgan fingerprint density at radius 3 is 2.43 bits per heavy atom. The summed E-state index contributed by atoms with van der Waals surface area (Å²) < 4.78 is 37.8. The van der Waals surface area contributed by atoms with Gasteiger partial charge in [0, 0.05) is 6.07 Å². The number of nitrogens with zero attached hydrogens (tertiary/aromatic N) is 1. The third-order valence-electron chi connectivity index (χ3n) is 3.01. The average Bonchev–Trinajstić information content (AvgIpc) is 2.52. The molecule has 0 N–H and O–H groups in total. The normalized spacial score (nSPS) is 11.6. The molecule has 0 atom stereocenters. The molecule has 0 fully saturated rings. The van der Waals surface area contributed by atoms with Crippen LogP contribution in [0, 0.1) is 10.1 Å². The lowest BCUT2D eigenvalue weighted by Gasteiger charge is -2.06. The van der Waals surface area contributed by atoms with E-state index < -0.39 is 22.4 Å². The minimum absolute atomic E-state index is 0.124. The van der Waals surface area contributed by atoms with E-state index in [0.717, 1.165) is 18.2 Å². The molecule has 7 heteroatoms. The van der Waals surface area contributed by atoms with Crippen LogP contribution in [0.25, 0.3) is 6.08 Å². The van der Waals surface area contributed by atoms with Gasteiger partial charge in [0.2, 0.25) is 0 Å². The van der Waals surface area contributed by atoms with Crippen LogP contribution in [0.3, 0.4) is 0 Å². The van der Waals surface area contributed by atoms with E-state index in [1.54, 1.807) is 0 Å². The Kier molecular flexibility index (Phi) is 4.59. The fraction of sp³-hybridized carbons (Fsp3) is 0.0625. The standard InChI is InChI=1S/C16H10F3NO3/c17-16(18,19)12-5-3-4-11(10-12)8-9-15(21)13-6-1-2-7-14(13)20(22)23/h1-10H/b9-8+. The van der Waals surface area contributed by atoms with Crippen molar-refractivity contribution in [2.24, 2.45) is 0 Å². The molecule has 0 amide bonds. The van der Waals surface area contributed by atoms with Crippen LogP contribution >= 0.6 is 0 Å². The lowest BCUT2D eigenvalue weighted by atomic mass is 10.1. The number of hydrogen-bond donors (Lipinski definition) is 0. The number of allylic oxidation sites excluding steroid dienone is 1. The third-order valence-corrected chi connectivity index (χ3v) is 3.01. The summed E-state index contributed by atoms with van der Waals surface area (Å²) in [5.74, 6) is -0.658. The molecule has 0 saturated heterocycles. The quantitative estimate of drug-likeness (QED) is 0.360.